The normalized spacial score (nSPS) is 32.2. The van der Waals surface area contributed by atoms with Crippen molar-refractivity contribution in [3.05, 3.63) is 89.5 Å². The maximum atomic E-state index is 14.9. The van der Waals surface area contributed by atoms with Gasteiger partial charge in [-0.25, -0.2) is 0 Å². The third-order valence-corrected chi connectivity index (χ3v) is 9.32. The molecule has 4 aliphatic rings. The summed E-state index contributed by atoms with van der Waals surface area (Å²) in [7, 11) is 0. The highest BCUT2D eigenvalue weighted by Gasteiger charge is 2.75. The Bertz CT molecular complexity index is 1430. The quantitative estimate of drug-likeness (QED) is 0.435. The minimum absolute atomic E-state index is 0.249. The fraction of sp³-hybridized carbons (Fsp3) is 0.441. The van der Waals surface area contributed by atoms with Crippen LogP contribution < -0.4 is 4.90 Å². The number of amides is 2. The van der Waals surface area contributed by atoms with Gasteiger partial charge in [0.15, 0.2) is 0 Å². The largest absolute Gasteiger partial charge is 0.465 e. The number of anilines is 1. The first-order chi connectivity index (χ1) is 20.2. The monoisotopic (exact) mass is 570 g/mol. The van der Waals surface area contributed by atoms with Crippen LogP contribution in [0.5, 0.6) is 0 Å². The molecule has 6 rings (SSSR count). The van der Waals surface area contributed by atoms with Gasteiger partial charge in [0.05, 0.1) is 30.8 Å². The number of likely N-dealkylation sites (tertiary alicyclic amines) is 1. The second-order valence-corrected chi connectivity index (χ2v) is 12.1. The number of nitrogens with zero attached hydrogens (tertiary/aromatic N) is 2. The molecular formula is C34H38N2O6. The fourth-order valence-electron chi connectivity index (χ4n) is 7.54. The SMILES string of the molecule is Cc1cccc(C)c1N1CC=C[C@]23O[C@@]4(C)/C=C\CCCOC(=O)[C@H]4[C@H]2C(=O)N([C@@H](CO)Cc2ccccc2)C3C1=O. The van der Waals surface area contributed by atoms with E-state index < -0.39 is 41.1 Å². The molecule has 6 atom stereocenters. The smallest absolute Gasteiger partial charge is 0.313 e. The van der Waals surface area contributed by atoms with Gasteiger partial charge < -0.3 is 24.4 Å². The second kappa shape index (κ2) is 10.8. The van der Waals surface area contributed by atoms with Gasteiger partial charge in [-0.05, 0) is 56.7 Å². The molecule has 8 nitrogen and oxygen atoms in total. The van der Waals surface area contributed by atoms with Crippen LogP contribution in [0.25, 0.3) is 0 Å². The zero-order valence-corrected chi connectivity index (χ0v) is 24.4. The summed E-state index contributed by atoms with van der Waals surface area (Å²) in [4.78, 5) is 46.5. The van der Waals surface area contributed by atoms with Crippen LogP contribution in [-0.2, 0) is 30.3 Å². The average Bonchev–Trinajstić information content (AvgIpc) is 3.32. The Balaban J connectivity index is 1.52. The van der Waals surface area contributed by atoms with Gasteiger partial charge in [0.25, 0.3) is 5.91 Å². The lowest BCUT2D eigenvalue weighted by atomic mass is 9.74. The Labute approximate surface area is 246 Å². The Kier molecular flexibility index (Phi) is 7.31. The number of para-hydroxylation sites is 1. The maximum Gasteiger partial charge on any atom is 0.313 e. The van der Waals surface area contributed by atoms with Crippen LogP contribution in [0.1, 0.15) is 36.5 Å². The summed E-state index contributed by atoms with van der Waals surface area (Å²) in [6.45, 7) is 5.91. The summed E-state index contributed by atoms with van der Waals surface area (Å²) in [5, 5.41) is 10.7. The number of carbonyl (C=O) groups excluding carboxylic acids is 3. The number of allylic oxidation sites excluding steroid dienone is 1. The molecule has 0 bridgehead atoms. The molecule has 0 aliphatic carbocycles. The van der Waals surface area contributed by atoms with Gasteiger partial charge in [-0.2, -0.15) is 0 Å². The zero-order chi connectivity index (χ0) is 29.6. The summed E-state index contributed by atoms with van der Waals surface area (Å²) in [5.41, 5.74) is 1.01. The molecule has 1 spiro atoms. The standard InChI is InChI=1S/C34H38N2O6/c1-22-12-10-13-23(2)28(22)35-18-11-17-34-26(27-32(40)41-19-9-5-8-16-33(27,3)42-34)30(38)36(29(34)31(35)39)25(21-37)20-24-14-6-4-7-15-24/h4,6-8,10-17,25-27,29,37H,5,9,18-21H2,1-3H3/b16-8-/t25-,26+,27-,29?,33+,34+/m1/s1. The molecule has 0 aromatic heterocycles. The van der Waals surface area contributed by atoms with Crippen molar-refractivity contribution in [2.75, 3.05) is 24.7 Å². The molecule has 2 fully saturated rings. The van der Waals surface area contributed by atoms with Crippen molar-refractivity contribution in [2.24, 2.45) is 11.8 Å². The van der Waals surface area contributed by atoms with E-state index in [1.807, 2.05) is 93.6 Å². The number of fused-ring (bicyclic) bond motifs is 2. The first-order valence-electron chi connectivity index (χ1n) is 14.8. The molecule has 2 amide bonds. The van der Waals surface area contributed by atoms with Gasteiger partial charge in [-0.15, -0.1) is 0 Å². The third-order valence-electron chi connectivity index (χ3n) is 9.32. The number of aliphatic hydroxyl groups excluding tert-OH is 1. The second-order valence-electron chi connectivity index (χ2n) is 12.1. The van der Waals surface area contributed by atoms with Gasteiger partial charge in [0.2, 0.25) is 5.91 Å². The molecule has 2 saturated heterocycles. The number of aliphatic hydroxyl groups is 1. The van der Waals surface area contributed by atoms with Crippen molar-refractivity contribution >= 4 is 23.5 Å². The molecule has 0 saturated carbocycles. The van der Waals surface area contributed by atoms with Crippen molar-refractivity contribution in [2.45, 2.75) is 63.3 Å². The van der Waals surface area contributed by atoms with Gasteiger partial charge in [-0.1, -0.05) is 72.8 Å². The van der Waals surface area contributed by atoms with Gasteiger partial charge >= 0.3 is 5.97 Å². The number of carbonyl (C=O) groups is 3. The predicted octanol–water partition coefficient (Wildman–Crippen LogP) is 3.67. The summed E-state index contributed by atoms with van der Waals surface area (Å²) in [6, 6.07) is 13.7. The lowest BCUT2D eigenvalue weighted by Gasteiger charge is -2.40. The Morgan fingerprint density at radius 3 is 2.40 bits per heavy atom. The van der Waals surface area contributed by atoms with Crippen molar-refractivity contribution in [1.29, 1.82) is 0 Å². The molecule has 2 aromatic carbocycles. The predicted molar refractivity (Wildman–Crippen MR) is 158 cm³/mol. The van der Waals surface area contributed by atoms with E-state index in [1.54, 1.807) is 4.90 Å². The number of rotatable bonds is 5. The molecule has 2 aromatic rings. The molecule has 220 valence electrons. The average molecular weight is 571 g/mol. The van der Waals surface area contributed by atoms with Crippen LogP contribution in [0.2, 0.25) is 0 Å². The van der Waals surface area contributed by atoms with Crippen LogP contribution in [0.4, 0.5) is 5.69 Å². The first kappa shape index (κ1) is 28.4. The summed E-state index contributed by atoms with van der Waals surface area (Å²) >= 11 is 0. The molecule has 4 heterocycles. The van der Waals surface area contributed by atoms with E-state index in [-0.39, 0.29) is 31.6 Å². The van der Waals surface area contributed by atoms with Gasteiger partial charge in [0, 0.05) is 12.2 Å². The van der Waals surface area contributed by atoms with Crippen molar-refractivity contribution < 1.29 is 29.0 Å². The summed E-state index contributed by atoms with van der Waals surface area (Å²) < 4.78 is 12.6. The number of esters is 1. The molecule has 8 heteroatoms. The Morgan fingerprint density at radius 2 is 1.69 bits per heavy atom. The first-order valence-corrected chi connectivity index (χ1v) is 14.8. The van der Waals surface area contributed by atoms with Crippen molar-refractivity contribution in [3.8, 4) is 0 Å². The highest BCUT2D eigenvalue weighted by molar-refractivity contribution is 6.06. The fourth-order valence-corrected chi connectivity index (χ4v) is 7.54. The van der Waals surface area contributed by atoms with E-state index in [9.17, 15) is 19.5 Å². The molecule has 1 N–H and O–H groups in total. The van der Waals surface area contributed by atoms with Crippen LogP contribution in [-0.4, -0.2) is 70.8 Å². The van der Waals surface area contributed by atoms with E-state index in [0.717, 1.165) is 22.4 Å². The van der Waals surface area contributed by atoms with Crippen LogP contribution >= 0.6 is 0 Å². The van der Waals surface area contributed by atoms with Crippen LogP contribution in [0, 0.1) is 25.7 Å². The molecule has 0 radical (unpaired) electrons. The number of cyclic esters (lactones) is 1. The van der Waals surface area contributed by atoms with E-state index in [2.05, 4.69) is 0 Å². The minimum atomic E-state index is -1.43. The summed E-state index contributed by atoms with van der Waals surface area (Å²) in [5.74, 6) is -3.13. The lowest BCUT2D eigenvalue weighted by molar-refractivity contribution is -0.159. The Hall–Kier alpha value is -3.75. The van der Waals surface area contributed by atoms with E-state index in [4.69, 9.17) is 9.47 Å². The highest BCUT2D eigenvalue weighted by atomic mass is 16.6. The minimum Gasteiger partial charge on any atom is -0.465 e. The maximum absolute atomic E-state index is 14.9. The van der Waals surface area contributed by atoms with Crippen LogP contribution in [0.3, 0.4) is 0 Å². The zero-order valence-electron chi connectivity index (χ0n) is 24.4. The topological polar surface area (TPSA) is 96.4 Å². The molecule has 4 aliphatic heterocycles. The number of ether oxygens (including phenoxy) is 2. The number of hydrogen-bond acceptors (Lipinski definition) is 6. The van der Waals surface area contributed by atoms with Crippen LogP contribution in [0.15, 0.2) is 72.8 Å². The molecule has 1 unspecified atom stereocenters. The van der Waals surface area contributed by atoms with Gasteiger partial charge in [-0.3, -0.25) is 14.4 Å². The van der Waals surface area contributed by atoms with E-state index in [1.165, 1.54) is 4.90 Å². The van der Waals surface area contributed by atoms with E-state index >= 15 is 0 Å². The highest BCUT2D eigenvalue weighted by Crippen LogP contribution is 2.57. The van der Waals surface area contributed by atoms with Gasteiger partial charge in [0.1, 0.15) is 17.6 Å². The Morgan fingerprint density at radius 1 is 0.952 bits per heavy atom. The van der Waals surface area contributed by atoms with Crippen molar-refractivity contribution in [1.82, 2.24) is 4.90 Å². The third kappa shape index (κ3) is 4.39. The number of hydrogen-bond donors (Lipinski definition) is 1. The number of benzene rings is 2. The van der Waals surface area contributed by atoms with E-state index in [0.29, 0.717) is 19.3 Å². The molecule has 42 heavy (non-hydrogen) atoms. The summed E-state index contributed by atoms with van der Waals surface area (Å²) in [6.07, 6.45) is 9.27. The molecular weight excluding hydrogens is 532 g/mol. The van der Waals surface area contributed by atoms with Crippen molar-refractivity contribution in [3.63, 3.8) is 0 Å². The lowest BCUT2D eigenvalue weighted by Crippen LogP contribution is -2.59. The number of aryl methyl sites for hydroxylation is 2.